The van der Waals surface area contributed by atoms with Gasteiger partial charge in [0.05, 0.1) is 5.41 Å². The standard InChI is InChI=1S/C17H23IO4/c1-6-16(2,3)15(20)21-11-14(19)22-17(4,5)12-7-9-13(18)10-8-12/h7-10H,6,11H2,1-5H3. The molecule has 0 aliphatic heterocycles. The van der Waals surface area contributed by atoms with Crippen LogP contribution in [0.25, 0.3) is 0 Å². The van der Waals surface area contributed by atoms with Crippen LogP contribution in [0.3, 0.4) is 0 Å². The molecule has 22 heavy (non-hydrogen) atoms. The topological polar surface area (TPSA) is 52.6 Å². The van der Waals surface area contributed by atoms with Crippen LogP contribution in [0.2, 0.25) is 0 Å². The fourth-order valence-corrected chi connectivity index (χ4v) is 2.05. The predicted molar refractivity (Wildman–Crippen MR) is 93.3 cm³/mol. The molecule has 0 bridgehead atoms. The van der Waals surface area contributed by atoms with E-state index in [-0.39, 0.29) is 12.6 Å². The Bertz CT molecular complexity index is 532. The maximum Gasteiger partial charge on any atom is 0.345 e. The van der Waals surface area contributed by atoms with Crippen molar-refractivity contribution in [1.29, 1.82) is 0 Å². The lowest BCUT2D eigenvalue weighted by Crippen LogP contribution is -2.31. The Morgan fingerprint density at radius 2 is 1.64 bits per heavy atom. The molecule has 122 valence electrons. The van der Waals surface area contributed by atoms with E-state index in [1.165, 1.54) is 0 Å². The Morgan fingerprint density at radius 3 is 2.14 bits per heavy atom. The van der Waals surface area contributed by atoms with Crippen LogP contribution in [0.1, 0.15) is 46.6 Å². The number of ether oxygens (including phenoxy) is 2. The first-order valence-electron chi connectivity index (χ1n) is 7.23. The second-order valence-electron chi connectivity index (χ2n) is 6.30. The summed E-state index contributed by atoms with van der Waals surface area (Å²) in [6.07, 6.45) is 0.648. The van der Waals surface area contributed by atoms with Gasteiger partial charge in [0.15, 0.2) is 6.61 Å². The van der Waals surface area contributed by atoms with Gasteiger partial charge in [0.1, 0.15) is 5.60 Å². The van der Waals surface area contributed by atoms with E-state index in [2.05, 4.69) is 22.6 Å². The van der Waals surface area contributed by atoms with Gasteiger partial charge >= 0.3 is 11.9 Å². The van der Waals surface area contributed by atoms with Crippen molar-refractivity contribution in [3.63, 3.8) is 0 Å². The fourth-order valence-electron chi connectivity index (χ4n) is 1.69. The van der Waals surface area contributed by atoms with Gasteiger partial charge in [-0.15, -0.1) is 0 Å². The second-order valence-corrected chi connectivity index (χ2v) is 7.55. The SMILES string of the molecule is CCC(C)(C)C(=O)OCC(=O)OC(C)(C)c1ccc(I)cc1. The number of benzene rings is 1. The van der Waals surface area contributed by atoms with Gasteiger partial charge in [-0.05, 0) is 74.4 Å². The first-order chi connectivity index (χ1) is 10.1. The van der Waals surface area contributed by atoms with E-state index in [0.717, 1.165) is 9.13 Å². The molecule has 0 atom stereocenters. The van der Waals surface area contributed by atoms with Crippen molar-refractivity contribution >= 4 is 34.5 Å². The molecule has 0 saturated carbocycles. The second kappa shape index (κ2) is 7.44. The van der Waals surface area contributed by atoms with Crippen molar-refractivity contribution in [2.45, 2.75) is 46.6 Å². The lowest BCUT2D eigenvalue weighted by Gasteiger charge is -2.26. The number of carbonyl (C=O) groups is 2. The van der Waals surface area contributed by atoms with Crippen LogP contribution >= 0.6 is 22.6 Å². The third-order valence-electron chi connectivity index (χ3n) is 3.67. The summed E-state index contributed by atoms with van der Waals surface area (Å²) in [5.74, 6) is -0.942. The van der Waals surface area contributed by atoms with Gasteiger partial charge in [0.2, 0.25) is 0 Å². The maximum absolute atomic E-state index is 11.9. The molecule has 1 aromatic rings. The molecule has 0 heterocycles. The predicted octanol–water partition coefficient (Wildman–Crippen LogP) is 4.05. The largest absolute Gasteiger partial charge is 0.453 e. The normalized spacial score (nSPS) is 11.9. The molecular weight excluding hydrogens is 395 g/mol. The van der Waals surface area contributed by atoms with Crippen LogP contribution in [-0.2, 0) is 24.7 Å². The van der Waals surface area contributed by atoms with Crippen molar-refractivity contribution in [1.82, 2.24) is 0 Å². The van der Waals surface area contributed by atoms with E-state index >= 15 is 0 Å². The summed E-state index contributed by atoms with van der Waals surface area (Å²) < 4.78 is 11.6. The highest BCUT2D eigenvalue weighted by Gasteiger charge is 2.29. The first kappa shape index (κ1) is 18.9. The lowest BCUT2D eigenvalue weighted by atomic mass is 9.91. The highest BCUT2D eigenvalue weighted by molar-refractivity contribution is 14.1. The van der Waals surface area contributed by atoms with Crippen LogP contribution < -0.4 is 0 Å². The fraction of sp³-hybridized carbons (Fsp3) is 0.529. The smallest absolute Gasteiger partial charge is 0.345 e. The number of esters is 2. The molecular formula is C17H23IO4. The molecule has 1 aromatic carbocycles. The molecule has 0 amide bonds. The van der Waals surface area contributed by atoms with E-state index in [0.29, 0.717) is 6.42 Å². The molecule has 0 saturated heterocycles. The summed E-state index contributed by atoms with van der Waals surface area (Å²) in [6, 6.07) is 7.74. The van der Waals surface area contributed by atoms with Crippen molar-refractivity contribution in [2.24, 2.45) is 5.41 Å². The number of halogens is 1. The minimum atomic E-state index is -0.770. The molecule has 4 nitrogen and oxygen atoms in total. The van der Waals surface area contributed by atoms with Crippen molar-refractivity contribution in [3.05, 3.63) is 33.4 Å². The average Bonchev–Trinajstić information content (AvgIpc) is 2.44. The molecule has 0 aliphatic carbocycles. The van der Waals surface area contributed by atoms with Gasteiger partial charge in [-0.1, -0.05) is 19.1 Å². The Balaban J connectivity index is 2.61. The van der Waals surface area contributed by atoms with Gasteiger partial charge in [-0.25, -0.2) is 4.79 Å². The molecule has 0 aromatic heterocycles. The molecule has 0 fully saturated rings. The summed E-state index contributed by atoms with van der Waals surface area (Å²) in [5, 5.41) is 0. The molecule has 0 radical (unpaired) electrons. The lowest BCUT2D eigenvalue weighted by molar-refractivity contribution is -0.172. The van der Waals surface area contributed by atoms with Crippen LogP contribution in [0.4, 0.5) is 0 Å². The molecule has 0 N–H and O–H groups in total. The Labute approximate surface area is 145 Å². The van der Waals surface area contributed by atoms with Gasteiger partial charge in [0.25, 0.3) is 0 Å². The Hall–Kier alpha value is -1.11. The summed E-state index contributed by atoms with van der Waals surface area (Å²) >= 11 is 2.22. The van der Waals surface area contributed by atoms with E-state index in [4.69, 9.17) is 9.47 Å². The third kappa shape index (κ3) is 5.26. The zero-order chi connectivity index (χ0) is 17.0. The van der Waals surface area contributed by atoms with Crippen molar-refractivity contribution < 1.29 is 19.1 Å². The van der Waals surface area contributed by atoms with Gasteiger partial charge in [0, 0.05) is 3.57 Å². The summed E-state index contributed by atoms with van der Waals surface area (Å²) in [7, 11) is 0. The Kier molecular flexibility index (Phi) is 6.40. The van der Waals surface area contributed by atoms with E-state index in [9.17, 15) is 9.59 Å². The monoisotopic (exact) mass is 418 g/mol. The van der Waals surface area contributed by atoms with Crippen molar-refractivity contribution in [2.75, 3.05) is 6.61 Å². The summed E-state index contributed by atoms with van der Waals surface area (Å²) in [6.45, 7) is 8.73. The van der Waals surface area contributed by atoms with Gasteiger partial charge in [-0.3, -0.25) is 4.79 Å². The van der Waals surface area contributed by atoms with Crippen molar-refractivity contribution in [3.8, 4) is 0 Å². The molecule has 0 aliphatic rings. The quantitative estimate of drug-likeness (QED) is 0.517. The average molecular weight is 418 g/mol. The van der Waals surface area contributed by atoms with Gasteiger partial charge < -0.3 is 9.47 Å². The molecule has 0 unspecified atom stereocenters. The summed E-state index contributed by atoms with van der Waals surface area (Å²) in [4.78, 5) is 23.8. The summed E-state index contributed by atoms with van der Waals surface area (Å²) in [5.41, 5.74) is -0.471. The zero-order valence-electron chi connectivity index (χ0n) is 13.7. The van der Waals surface area contributed by atoms with E-state index < -0.39 is 17.0 Å². The zero-order valence-corrected chi connectivity index (χ0v) is 15.9. The van der Waals surface area contributed by atoms with E-state index in [1.54, 1.807) is 13.8 Å². The maximum atomic E-state index is 11.9. The van der Waals surface area contributed by atoms with Gasteiger partial charge in [-0.2, -0.15) is 0 Å². The highest BCUT2D eigenvalue weighted by Crippen LogP contribution is 2.26. The first-order valence-corrected chi connectivity index (χ1v) is 8.31. The minimum absolute atomic E-state index is 0.365. The van der Waals surface area contributed by atoms with Crippen LogP contribution in [-0.4, -0.2) is 18.5 Å². The van der Waals surface area contributed by atoms with Crippen LogP contribution in [0, 0.1) is 8.99 Å². The number of rotatable bonds is 6. The van der Waals surface area contributed by atoms with Crippen LogP contribution in [0.5, 0.6) is 0 Å². The number of hydrogen-bond acceptors (Lipinski definition) is 4. The van der Waals surface area contributed by atoms with Crippen LogP contribution in [0.15, 0.2) is 24.3 Å². The van der Waals surface area contributed by atoms with E-state index in [1.807, 2.05) is 45.0 Å². The molecule has 1 rings (SSSR count). The number of carbonyl (C=O) groups excluding carboxylic acids is 2. The molecule has 5 heteroatoms. The highest BCUT2D eigenvalue weighted by atomic mass is 127. The number of hydrogen-bond donors (Lipinski definition) is 0. The third-order valence-corrected chi connectivity index (χ3v) is 4.39. The Morgan fingerprint density at radius 1 is 1.09 bits per heavy atom. The minimum Gasteiger partial charge on any atom is -0.453 e. The molecule has 0 spiro atoms.